The molecule has 1 N–H and O–H groups in total. The fourth-order valence-electron chi connectivity index (χ4n) is 3.07. The average Bonchev–Trinajstić information content (AvgIpc) is 3.02. The van der Waals surface area contributed by atoms with Crippen molar-refractivity contribution in [3.8, 4) is 0 Å². The largest absolute Gasteiger partial charge is 0.322 e. The molecule has 1 aliphatic heterocycles. The van der Waals surface area contributed by atoms with Gasteiger partial charge in [-0.3, -0.25) is 9.59 Å². The molecule has 0 radical (unpaired) electrons. The lowest BCUT2D eigenvalue weighted by Gasteiger charge is -2.13. The monoisotopic (exact) mass is 455 g/mol. The molecule has 29 heavy (non-hydrogen) atoms. The third kappa shape index (κ3) is 4.68. The zero-order chi connectivity index (χ0) is 21.4. The van der Waals surface area contributed by atoms with Crippen LogP contribution in [0.15, 0.2) is 47.4 Å². The van der Waals surface area contributed by atoms with Crippen LogP contribution in [0.3, 0.4) is 0 Å². The minimum atomic E-state index is -3.94. The van der Waals surface area contributed by atoms with Gasteiger partial charge in [-0.15, -0.1) is 0 Å². The van der Waals surface area contributed by atoms with Crippen molar-refractivity contribution in [2.24, 2.45) is 0 Å². The molecule has 1 fully saturated rings. The summed E-state index contributed by atoms with van der Waals surface area (Å²) < 4.78 is 48.9. The van der Waals surface area contributed by atoms with Crippen molar-refractivity contribution >= 4 is 48.7 Å². The van der Waals surface area contributed by atoms with Crippen molar-refractivity contribution in [3.63, 3.8) is 0 Å². The molecule has 0 bridgehead atoms. The number of ketones is 1. The lowest BCUT2D eigenvalue weighted by Crippen LogP contribution is -2.23. The topological polar surface area (TPSA) is 114 Å². The molecule has 1 atom stereocenters. The maximum Gasteiger partial charge on any atom is 0.257 e. The number of nitrogens with one attached hydrogen (secondary N) is 1. The maximum absolute atomic E-state index is 12.8. The summed E-state index contributed by atoms with van der Waals surface area (Å²) >= 11 is 6.09. The minimum absolute atomic E-state index is 0.0205. The molecule has 0 spiro atoms. The van der Waals surface area contributed by atoms with E-state index in [0.717, 1.165) is 6.07 Å². The molecule has 1 aliphatic rings. The van der Waals surface area contributed by atoms with Crippen LogP contribution in [0, 0.1) is 0 Å². The summed E-state index contributed by atoms with van der Waals surface area (Å²) in [4.78, 5) is 24.0. The van der Waals surface area contributed by atoms with Gasteiger partial charge in [-0.25, -0.2) is 16.8 Å². The molecule has 7 nitrogen and oxygen atoms in total. The predicted molar refractivity (Wildman–Crippen MR) is 110 cm³/mol. The average molecular weight is 456 g/mol. The number of Topliss-reactive ketones (excluding diaryl/α,β-unsaturated/α-hetero) is 1. The second kappa shape index (κ2) is 7.89. The second-order valence-corrected chi connectivity index (χ2v) is 11.7. The van der Waals surface area contributed by atoms with Gasteiger partial charge in [-0.1, -0.05) is 23.7 Å². The zero-order valence-corrected chi connectivity index (χ0v) is 17.8. The van der Waals surface area contributed by atoms with E-state index >= 15 is 0 Å². The van der Waals surface area contributed by atoms with Crippen LogP contribution >= 0.6 is 11.6 Å². The Kier molecular flexibility index (Phi) is 5.84. The van der Waals surface area contributed by atoms with Crippen LogP contribution in [-0.2, 0) is 19.7 Å². The van der Waals surface area contributed by atoms with Gasteiger partial charge in [0.05, 0.1) is 32.2 Å². The molecule has 1 unspecified atom stereocenters. The third-order valence-electron chi connectivity index (χ3n) is 4.67. The molecule has 0 aromatic heterocycles. The Hall–Kier alpha value is -2.23. The van der Waals surface area contributed by atoms with Gasteiger partial charge in [0.1, 0.15) is 0 Å². The first kappa shape index (κ1) is 21.5. The third-order valence-corrected chi connectivity index (χ3v) is 9.17. The van der Waals surface area contributed by atoms with Crippen molar-refractivity contribution in [2.75, 3.05) is 16.8 Å². The number of halogens is 1. The predicted octanol–water partition coefficient (Wildman–Crippen LogP) is 2.76. The van der Waals surface area contributed by atoms with Crippen LogP contribution in [0.2, 0.25) is 5.02 Å². The number of benzene rings is 2. The second-order valence-electron chi connectivity index (χ2n) is 6.80. The highest BCUT2D eigenvalue weighted by molar-refractivity contribution is 7.96. The van der Waals surface area contributed by atoms with E-state index in [9.17, 15) is 26.4 Å². The number of anilines is 1. The first-order valence-electron chi connectivity index (χ1n) is 8.66. The lowest BCUT2D eigenvalue weighted by atomic mass is 10.1. The van der Waals surface area contributed by atoms with Gasteiger partial charge in [0.25, 0.3) is 5.91 Å². The number of hydrogen-bond acceptors (Lipinski definition) is 6. The van der Waals surface area contributed by atoms with Crippen molar-refractivity contribution in [2.45, 2.75) is 23.5 Å². The Morgan fingerprint density at radius 2 is 1.86 bits per heavy atom. The molecule has 10 heteroatoms. The Morgan fingerprint density at radius 3 is 2.48 bits per heavy atom. The van der Waals surface area contributed by atoms with Crippen molar-refractivity contribution in [1.29, 1.82) is 0 Å². The standard InChI is InChI=1S/C19H18ClNO6S2/c1-12(22)13-3-2-4-14(9-13)21-19(23)17-10-15(5-6-18(17)20)29(26,27)16-7-8-28(24,25)11-16/h2-6,9-10,16H,7-8,11H2,1H3,(H,21,23). The Bertz CT molecular complexity index is 1200. The highest BCUT2D eigenvalue weighted by Gasteiger charge is 2.38. The molecule has 154 valence electrons. The minimum Gasteiger partial charge on any atom is -0.322 e. The van der Waals surface area contributed by atoms with Gasteiger partial charge in [-0.05, 0) is 43.7 Å². The highest BCUT2D eigenvalue weighted by Crippen LogP contribution is 2.28. The van der Waals surface area contributed by atoms with Gasteiger partial charge in [0, 0.05) is 11.3 Å². The van der Waals surface area contributed by atoms with Gasteiger partial charge in [-0.2, -0.15) is 0 Å². The molecule has 0 aliphatic carbocycles. The van der Waals surface area contributed by atoms with Gasteiger partial charge < -0.3 is 5.32 Å². The summed E-state index contributed by atoms with van der Waals surface area (Å²) in [5.41, 5.74) is 0.698. The molecule has 1 saturated heterocycles. The normalized spacial score (nSPS) is 18.3. The summed E-state index contributed by atoms with van der Waals surface area (Å²) in [7, 11) is -7.32. The number of sulfone groups is 2. The Balaban J connectivity index is 1.90. The van der Waals surface area contributed by atoms with E-state index in [1.165, 1.54) is 25.1 Å². The summed E-state index contributed by atoms with van der Waals surface area (Å²) in [6.45, 7) is 1.40. The van der Waals surface area contributed by atoms with Crippen molar-refractivity contribution in [1.82, 2.24) is 0 Å². The molecule has 0 saturated carbocycles. The molecule has 1 amide bonds. The van der Waals surface area contributed by atoms with Gasteiger partial charge >= 0.3 is 0 Å². The van der Waals surface area contributed by atoms with Crippen molar-refractivity contribution < 1.29 is 26.4 Å². The van der Waals surface area contributed by atoms with E-state index in [2.05, 4.69) is 5.32 Å². The van der Waals surface area contributed by atoms with E-state index in [1.54, 1.807) is 18.2 Å². The molecular formula is C19H18ClNO6S2. The Labute approximate surface area is 173 Å². The van der Waals surface area contributed by atoms with Crippen LogP contribution in [-0.4, -0.2) is 45.3 Å². The number of amides is 1. The first-order chi connectivity index (χ1) is 13.5. The van der Waals surface area contributed by atoms with Crippen LogP contribution in [0.5, 0.6) is 0 Å². The molecule has 2 aromatic rings. The Morgan fingerprint density at radius 1 is 1.14 bits per heavy atom. The van der Waals surface area contributed by atoms with E-state index < -0.39 is 36.6 Å². The van der Waals surface area contributed by atoms with E-state index in [4.69, 9.17) is 11.6 Å². The quantitative estimate of drug-likeness (QED) is 0.693. The molecular weight excluding hydrogens is 438 g/mol. The number of carbonyl (C=O) groups excluding carboxylic acids is 2. The van der Waals surface area contributed by atoms with Gasteiger partial charge in [0.15, 0.2) is 25.5 Å². The number of rotatable bonds is 5. The molecule has 3 rings (SSSR count). The molecule has 2 aromatic carbocycles. The summed E-state index contributed by atoms with van der Waals surface area (Å²) in [6.07, 6.45) is 0.0205. The summed E-state index contributed by atoms with van der Waals surface area (Å²) in [5, 5.41) is 1.59. The van der Waals surface area contributed by atoms with Gasteiger partial charge in [0.2, 0.25) is 0 Å². The van der Waals surface area contributed by atoms with E-state index in [-0.39, 0.29) is 33.4 Å². The fraction of sp³-hybridized carbons (Fsp3) is 0.263. The van der Waals surface area contributed by atoms with Crippen LogP contribution < -0.4 is 5.32 Å². The zero-order valence-electron chi connectivity index (χ0n) is 15.4. The first-order valence-corrected chi connectivity index (χ1v) is 12.4. The smallest absolute Gasteiger partial charge is 0.257 e. The summed E-state index contributed by atoms with van der Waals surface area (Å²) in [5.74, 6) is -1.42. The van der Waals surface area contributed by atoms with Crippen LogP contribution in [0.25, 0.3) is 0 Å². The summed E-state index contributed by atoms with van der Waals surface area (Å²) in [6, 6.07) is 9.99. The number of hydrogen-bond donors (Lipinski definition) is 1. The lowest BCUT2D eigenvalue weighted by molar-refractivity contribution is 0.101. The highest BCUT2D eigenvalue weighted by atomic mass is 35.5. The van der Waals surface area contributed by atoms with E-state index in [0.29, 0.717) is 11.3 Å². The van der Waals surface area contributed by atoms with Crippen molar-refractivity contribution in [3.05, 3.63) is 58.6 Å². The van der Waals surface area contributed by atoms with E-state index in [1.807, 2.05) is 0 Å². The SMILES string of the molecule is CC(=O)c1cccc(NC(=O)c2cc(S(=O)(=O)C3CCS(=O)(=O)C3)ccc2Cl)c1. The number of carbonyl (C=O) groups is 2. The fourth-order valence-corrected chi connectivity index (χ4v) is 7.66. The maximum atomic E-state index is 12.8. The van der Waals surface area contributed by atoms with Crippen LogP contribution in [0.4, 0.5) is 5.69 Å². The molecule has 1 heterocycles. The van der Waals surface area contributed by atoms with Crippen LogP contribution in [0.1, 0.15) is 34.1 Å².